The van der Waals surface area contributed by atoms with Gasteiger partial charge in [-0.25, -0.2) is 15.8 Å². The maximum atomic E-state index is 5.31. The average Bonchev–Trinajstić information content (AvgIpc) is 2.37. The molecule has 0 aromatic carbocycles. The van der Waals surface area contributed by atoms with Gasteiger partial charge in [-0.15, -0.1) is 0 Å². The molecule has 1 aliphatic carbocycles. The Labute approximate surface area is 102 Å². The molecule has 0 bridgehead atoms. The zero-order chi connectivity index (χ0) is 12.1. The van der Waals surface area contributed by atoms with Crippen molar-refractivity contribution in [2.75, 3.05) is 17.3 Å². The molecule has 2 rings (SSSR count). The van der Waals surface area contributed by atoms with E-state index in [0.29, 0.717) is 5.82 Å². The van der Waals surface area contributed by atoms with Crippen LogP contribution in [0.1, 0.15) is 32.6 Å². The summed E-state index contributed by atoms with van der Waals surface area (Å²) >= 11 is 0. The summed E-state index contributed by atoms with van der Waals surface area (Å²) in [6.07, 6.45) is 6.89. The fourth-order valence-electron chi connectivity index (χ4n) is 2.53. The van der Waals surface area contributed by atoms with E-state index in [1.165, 1.54) is 32.0 Å². The quantitative estimate of drug-likeness (QED) is 0.549. The Balaban J connectivity index is 1.84. The molecule has 5 heteroatoms. The van der Waals surface area contributed by atoms with Crippen molar-refractivity contribution in [1.29, 1.82) is 0 Å². The fraction of sp³-hybridized carbons (Fsp3) is 0.667. The zero-order valence-electron chi connectivity index (χ0n) is 10.3. The van der Waals surface area contributed by atoms with Crippen molar-refractivity contribution >= 4 is 11.6 Å². The topological polar surface area (TPSA) is 75.9 Å². The van der Waals surface area contributed by atoms with Gasteiger partial charge in [-0.3, -0.25) is 0 Å². The first kappa shape index (κ1) is 12.1. The molecule has 1 aliphatic rings. The molecule has 0 saturated heterocycles. The predicted molar refractivity (Wildman–Crippen MR) is 69.5 cm³/mol. The number of hydrazine groups is 1. The van der Waals surface area contributed by atoms with E-state index in [9.17, 15) is 0 Å². The first-order chi connectivity index (χ1) is 8.28. The summed E-state index contributed by atoms with van der Waals surface area (Å²) in [5.74, 6) is 8.42. The highest BCUT2D eigenvalue weighted by atomic mass is 15.3. The van der Waals surface area contributed by atoms with Gasteiger partial charge in [-0.1, -0.05) is 19.8 Å². The van der Waals surface area contributed by atoms with E-state index in [2.05, 4.69) is 27.6 Å². The maximum Gasteiger partial charge on any atom is 0.145 e. The van der Waals surface area contributed by atoms with Crippen molar-refractivity contribution in [1.82, 2.24) is 9.97 Å². The van der Waals surface area contributed by atoms with Crippen molar-refractivity contribution in [3.8, 4) is 0 Å². The molecule has 1 heterocycles. The standard InChI is InChI=1S/C12H21N5/c1-9-3-2-4-10(5-9)7-14-11-6-12(17-13)16-8-15-11/h6,8-10H,2-5,7,13H2,1H3,(H2,14,15,16,17). The number of nitrogens with one attached hydrogen (secondary N) is 2. The number of aromatic nitrogens is 2. The minimum atomic E-state index is 0.638. The van der Waals surface area contributed by atoms with E-state index in [0.717, 1.165) is 24.2 Å². The summed E-state index contributed by atoms with van der Waals surface area (Å²) in [6, 6.07) is 1.83. The molecule has 94 valence electrons. The molecule has 1 fully saturated rings. The molecular weight excluding hydrogens is 214 g/mol. The molecule has 1 saturated carbocycles. The van der Waals surface area contributed by atoms with Gasteiger partial charge in [0.15, 0.2) is 0 Å². The van der Waals surface area contributed by atoms with Crippen LogP contribution >= 0.6 is 0 Å². The highest BCUT2D eigenvalue weighted by Gasteiger charge is 2.18. The molecule has 0 amide bonds. The third-order valence-electron chi connectivity index (χ3n) is 3.43. The second-order valence-electron chi connectivity index (χ2n) is 4.95. The molecule has 1 aromatic rings. The largest absolute Gasteiger partial charge is 0.370 e. The minimum absolute atomic E-state index is 0.638. The van der Waals surface area contributed by atoms with Crippen molar-refractivity contribution in [2.45, 2.75) is 32.6 Å². The third kappa shape index (κ3) is 3.56. The Hall–Kier alpha value is -1.36. The average molecular weight is 235 g/mol. The van der Waals surface area contributed by atoms with E-state index < -0.39 is 0 Å². The summed E-state index contributed by atoms with van der Waals surface area (Å²) in [6.45, 7) is 3.33. The minimum Gasteiger partial charge on any atom is -0.370 e. The van der Waals surface area contributed by atoms with Crippen LogP contribution in [0.5, 0.6) is 0 Å². The lowest BCUT2D eigenvalue weighted by molar-refractivity contribution is 0.293. The van der Waals surface area contributed by atoms with E-state index in [1.807, 2.05) is 6.07 Å². The molecule has 5 nitrogen and oxygen atoms in total. The highest BCUT2D eigenvalue weighted by Crippen LogP contribution is 2.28. The van der Waals surface area contributed by atoms with Crippen LogP contribution in [-0.4, -0.2) is 16.5 Å². The molecule has 2 unspecified atom stereocenters. The van der Waals surface area contributed by atoms with Crippen molar-refractivity contribution in [2.24, 2.45) is 17.7 Å². The lowest BCUT2D eigenvalue weighted by Gasteiger charge is -2.26. The van der Waals surface area contributed by atoms with E-state index in [4.69, 9.17) is 5.84 Å². The highest BCUT2D eigenvalue weighted by molar-refractivity contribution is 5.45. The Morgan fingerprint density at radius 2 is 2.18 bits per heavy atom. The first-order valence-electron chi connectivity index (χ1n) is 6.30. The van der Waals surface area contributed by atoms with Crippen LogP contribution in [0.25, 0.3) is 0 Å². The number of nitrogens with two attached hydrogens (primary N) is 1. The number of nitrogens with zero attached hydrogens (tertiary/aromatic N) is 2. The third-order valence-corrected chi connectivity index (χ3v) is 3.43. The molecule has 0 aliphatic heterocycles. The molecular formula is C12H21N5. The van der Waals surface area contributed by atoms with Gasteiger partial charge in [0, 0.05) is 12.6 Å². The second-order valence-corrected chi connectivity index (χ2v) is 4.95. The molecule has 4 N–H and O–H groups in total. The van der Waals surface area contributed by atoms with Gasteiger partial charge in [0.2, 0.25) is 0 Å². The first-order valence-corrected chi connectivity index (χ1v) is 6.30. The fourth-order valence-corrected chi connectivity index (χ4v) is 2.53. The van der Waals surface area contributed by atoms with Crippen LogP contribution in [0.2, 0.25) is 0 Å². The Morgan fingerprint density at radius 3 is 2.94 bits per heavy atom. The van der Waals surface area contributed by atoms with Gasteiger partial charge in [0.05, 0.1) is 0 Å². The summed E-state index contributed by atoms with van der Waals surface area (Å²) < 4.78 is 0. The van der Waals surface area contributed by atoms with Crippen LogP contribution in [0.4, 0.5) is 11.6 Å². The van der Waals surface area contributed by atoms with Gasteiger partial charge in [0.1, 0.15) is 18.0 Å². The lowest BCUT2D eigenvalue weighted by Crippen LogP contribution is -2.21. The number of hydrogen-bond acceptors (Lipinski definition) is 5. The zero-order valence-corrected chi connectivity index (χ0v) is 10.3. The maximum absolute atomic E-state index is 5.31. The monoisotopic (exact) mass is 235 g/mol. The van der Waals surface area contributed by atoms with Gasteiger partial charge in [0.25, 0.3) is 0 Å². The predicted octanol–water partition coefficient (Wildman–Crippen LogP) is 2.00. The SMILES string of the molecule is CC1CCCC(CNc2cc(NN)ncn2)C1. The van der Waals surface area contributed by atoms with Crippen LogP contribution in [0, 0.1) is 11.8 Å². The van der Waals surface area contributed by atoms with Crippen LogP contribution in [0.15, 0.2) is 12.4 Å². The van der Waals surface area contributed by atoms with E-state index >= 15 is 0 Å². The Bertz CT molecular complexity index is 355. The van der Waals surface area contributed by atoms with Gasteiger partial charge < -0.3 is 10.7 Å². The van der Waals surface area contributed by atoms with Gasteiger partial charge in [-0.2, -0.15) is 0 Å². The number of anilines is 2. The van der Waals surface area contributed by atoms with E-state index in [-0.39, 0.29) is 0 Å². The normalized spacial score (nSPS) is 24.4. The van der Waals surface area contributed by atoms with Crippen LogP contribution in [0.3, 0.4) is 0 Å². The van der Waals surface area contributed by atoms with Crippen molar-refractivity contribution < 1.29 is 0 Å². The van der Waals surface area contributed by atoms with Crippen molar-refractivity contribution in [3.05, 3.63) is 12.4 Å². The van der Waals surface area contributed by atoms with Crippen LogP contribution in [-0.2, 0) is 0 Å². The Kier molecular flexibility index (Phi) is 4.14. The van der Waals surface area contributed by atoms with E-state index in [1.54, 1.807) is 0 Å². The molecule has 0 spiro atoms. The summed E-state index contributed by atoms with van der Waals surface area (Å²) in [7, 11) is 0. The van der Waals surface area contributed by atoms with Crippen LogP contribution < -0.4 is 16.6 Å². The number of hydrogen-bond donors (Lipinski definition) is 3. The molecule has 2 atom stereocenters. The Morgan fingerprint density at radius 1 is 1.35 bits per heavy atom. The second kappa shape index (κ2) is 5.82. The summed E-state index contributed by atoms with van der Waals surface area (Å²) in [5, 5.41) is 3.36. The van der Waals surface area contributed by atoms with Gasteiger partial charge in [-0.05, 0) is 24.7 Å². The smallest absolute Gasteiger partial charge is 0.145 e. The number of rotatable bonds is 4. The molecule has 0 radical (unpaired) electrons. The van der Waals surface area contributed by atoms with Crippen molar-refractivity contribution in [3.63, 3.8) is 0 Å². The summed E-state index contributed by atoms with van der Waals surface area (Å²) in [5.41, 5.74) is 2.52. The molecule has 1 aromatic heterocycles. The number of nitrogen functional groups attached to an aromatic ring is 1. The lowest BCUT2D eigenvalue weighted by atomic mass is 9.82. The van der Waals surface area contributed by atoms with Gasteiger partial charge >= 0.3 is 0 Å². The molecule has 17 heavy (non-hydrogen) atoms. The summed E-state index contributed by atoms with van der Waals surface area (Å²) in [4.78, 5) is 8.15.